The van der Waals surface area contributed by atoms with Crippen LogP contribution in [0.15, 0.2) is 34.6 Å². The van der Waals surface area contributed by atoms with Crippen LogP contribution >= 0.6 is 0 Å². The largest absolute Gasteiger partial charge is 0.507 e. The molecule has 1 aliphatic heterocycles. The first kappa shape index (κ1) is 20.8. The Morgan fingerprint density at radius 2 is 1.81 bits per heavy atom. The Balaban J connectivity index is 1.80. The second-order valence-electron chi connectivity index (χ2n) is 8.94. The van der Waals surface area contributed by atoms with Crippen LogP contribution in [-0.4, -0.2) is 44.3 Å². The maximum atomic E-state index is 13.2. The molecule has 4 N–H and O–H groups in total. The Bertz CT molecular complexity index is 1280. The van der Waals surface area contributed by atoms with E-state index in [1.165, 1.54) is 18.2 Å². The summed E-state index contributed by atoms with van der Waals surface area (Å²) in [5.41, 5.74) is -0.341. The Morgan fingerprint density at radius 3 is 2.47 bits per heavy atom. The summed E-state index contributed by atoms with van der Waals surface area (Å²) in [4.78, 5) is 37.6. The van der Waals surface area contributed by atoms with E-state index >= 15 is 0 Å². The molecule has 1 saturated carbocycles. The van der Waals surface area contributed by atoms with Crippen LogP contribution in [0.3, 0.4) is 0 Å². The fraction of sp³-hybridized carbons (Fsp3) is 0.375. The van der Waals surface area contributed by atoms with E-state index in [2.05, 4.69) is 4.74 Å². The molecular formula is C24H22O8. The van der Waals surface area contributed by atoms with Crippen molar-refractivity contribution in [2.45, 2.75) is 50.4 Å². The number of carbonyl (C=O) groups is 2. The number of aromatic hydroxyl groups is 1. The monoisotopic (exact) mass is 438 g/mol. The van der Waals surface area contributed by atoms with E-state index in [-0.39, 0.29) is 36.0 Å². The zero-order valence-corrected chi connectivity index (χ0v) is 17.3. The predicted molar refractivity (Wildman–Crippen MR) is 113 cm³/mol. The van der Waals surface area contributed by atoms with Gasteiger partial charge in [-0.25, -0.2) is 0 Å². The molecule has 2 fully saturated rings. The number of phenols is 1. The second-order valence-corrected chi connectivity index (χ2v) is 8.94. The summed E-state index contributed by atoms with van der Waals surface area (Å²) in [7, 11) is 0. The summed E-state index contributed by atoms with van der Waals surface area (Å²) in [6.07, 6.45) is 0.957. The van der Waals surface area contributed by atoms with Gasteiger partial charge >= 0.3 is 11.9 Å². The molecule has 2 bridgehead atoms. The first-order valence-electron chi connectivity index (χ1n) is 10.5. The minimum atomic E-state index is -2.43. The minimum Gasteiger partial charge on any atom is -0.507 e. The highest BCUT2D eigenvalue weighted by Crippen LogP contribution is 2.50. The summed E-state index contributed by atoms with van der Waals surface area (Å²) in [5.74, 6) is -4.62. The highest BCUT2D eigenvalue weighted by Gasteiger charge is 2.58. The molecule has 1 saturated heterocycles. The molecule has 2 atom stereocenters. The van der Waals surface area contributed by atoms with Gasteiger partial charge in [0.1, 0.15) is 11.9 Å². The molecule has 2 aliphatic carbocycles. The Hall–Kier alpha value is -3.07. The number of hydrogen-bond donors (Lipinski definition) is 4. The number of esters is 2. The average molecular weight is 438 g/mol. The molecule has 0 spiro atoms. The summed E-state index contributed by atoms with van der Waals surface area (Å²) < 4.78 is 4.61. The van der Waals surface area contributed by atoms with E-state index in [1.54, 1.807) is 12.1 Å². The summed E-state index contributed by atoms with van der Waals surface area (Å²) in [6, 6.07) is 5.83. The third-order valence-electron chi connectivity index (χ3n) is 6.99. The first-order valence-corrected chi connectivity index (χ1v) is 10.5. The molecule has 0 radical (unpaired) electrons. The van der Waals surface area contributed by atoms with Crippen molar-refractivity contribution >= 4 is 28.8 Å². The zero-order valence-electron chi connectivity index (χ0n) is 17.3. The lowest BCUT2D eigenvalue weighted by molar-refractivity contribution is -0.197. The van der Waals surface area contributed by atoms with Crippen molar-refractivity contribution in [1.82, 2.24) is 0 Å². The van der Waals surface area contributed by atoms with E-state index in [1.807, 2.05) is 6.92 Å². The van der Waals surface area contributed by atoms with Crippen LogP contribution in [0.4, 0.5) is 0 Å². The predicted octanol–water partition coefficient (Wildman–Crippen LogP) is 1.24. The summed E-state index contributed by atoms with van der Waals surface area (Å²) >= 11 is 0. The van der Waals surface area contributed by atoms with Crippen molar-refractivity contribution in [2.24, 2.45) is 5.41 Å². The van der Waals surface area contributed by atoms with Gasteiger partial charge in [-0.3, -0.25) is 14.4 Å². The molecule has 2 aromatic rings. The molecule has 166 valence electrons. The van der Waals surface area contributed by atoms with Gasteiger partial charge in [-0.2, -0.15) is 0 Å². The van der Waals surface area contributed by atoms with E-state index in [9.17, 15) is 34.8 Å². The van der Waals surface area contributed by atoms with Crippen molar-refractivity contribution < 1.29 is 34.8 Å². The number of benzene rings is 1. The topological polar surface area (TPSA) is 141 Å². The third-order valence-corrected chi connectivity index (χ3v) is 6.99. The normalized spacial score (nSPS) is 24.6. The van der Waals surface area contributed by atoms with Gasteiger partial charge in [-0.1, -0.05) is 25.5 Å². The molecule has 8 nitrogen and oxygen atoms in total. The minimum absolute atomic E-state index is 0.0360. The lowest BCUT2D eigenvalue weighted by Gasteiger charge is -2.36. The highest BCUT2D eigenvalue weighted by atomic mass is 16.6. The van der Waals surface area contributed by atoms with Crippen LogP contribution in [0, 0.1) is 5.41 Å². The number of carbonyl (C=O) groups excluding carboxylic acids is 2. The second kappa shape index (κ2) is 6.71. The number of fused-ring (bicyclic) bond motifs is 3. The van der Waals surface area contributed by atoms with E-state index in [0.717, 1.165) is 0 Å². The van der Waals surface area contributed by atoms with Gasteiger partial charge in [-0.15, -0.1) is 0 Å². The SMILES string of the molecule is CCCC1(Cc2cc3c4c(ccc(O)c4c(=O)c2)C2CC(=C3)C(O)(O)C2O)C(=O)OC1=O. The quantitative estimate of drug-likeness (QED) is 0.317. The standard InChI is InChI=1S/C24H22O8/c1-2-5-23(21(28)32-22(23)29)10-11-6-12-8-13-9-15(20(27)24(13,30)31)14-3-4-16(25)19(18(12)14)17(26)7-11/h3-4,6-8,15,20,25,27,30-31H,2,5,9-10H2,1H3. The number of phenolic OH excluding ortho intramolecular Hbond substituents is 1. The Morgan fingerprint density at radius 1 is 1.09 bits per heavy atom. The lowest BCUT2D eigenvalue weighted by atomic mass is 9.74. The fourth-order valence-electron chi connectivity index (χ4n) is 5.38. The van der Waals surface area contributed by atoms with Crippen LogP contribution in [0.25, 0.3) is 16.8 Å². The summed E-state index contributed by atoms with van der Waals surface area (Å²) in [5, 5.41) is 42.4. The molecule has 5 rings (SSSR count). The van der Waals surface area contributed by atoms with Gasteiger partial charge in [0.2, 0.25) is 5.79 Å². The van der Waals surface area contributed by atoms with Gasteiger partial charge in [0.15, 0.2) is 10.8 Å². The van der Waals surface area contributed by atoms with Crippen LogP contribution in [0.1, 0.15) is 48.8 Å². The smallest absolute Gasteiger partial charge is 0.331 e. The van der Waals surface area contributed by atoms with E-state index in [0.29, 0.717) is 28.5 Å². The molecular weight excluding hydrogens is 416 g/mol. The van der Waals surface area contributed by atoms with Crippen molar-refractivity contribution in [3.05, 3.63) is 56.8 Å². The number of hydrogen-bond acceptors (Lipinski definition) is 8. The van der Waals surface area contributed by atoms with Crippen LogP contribution in [0.2, 0.25) is 0 Å². The lowest BCUT2D eigenvalue weighted by Crippen LogP contribution is -2.54. The number of cyclic esters (lactones) is 2. The third kappa shape index (κ3) is 2.63. The Kier molecular flexibility index (Phi) is 4.37. The first-order chi connectivity index (χ1) is 15.1. The molecule has 8 heteroatoms. The van der Waals surface area contributed by atoms with Crippen molar-refractivity contribution in [3.63, 3.8) is 0 Å². The van der Waals surface area contributed by atoms with Crippen molar-refractivity contribution in [2.75, 3.05) is 0 Å². The number of ether oxygens (including phenoxy) is 1. The van der Waals surface area contributed by atoms with Crippen molar-refractivity contribution in [3.8, 4) is 5.75 Å². The molecule has 0 aromatic heterocycles. The number of rotatable bonds is 4. The van der Waals surface area contributed by atoms with Gasteiger partial charge < -0.3 is 25.2 Å². The van der Waals surface area contributed by atoms with Crippen LogP contribution < -0.4 is 5.43 Å². The fourth-order valence-corrected chi connectivity index (χ4v) is 5.38. The number of aliphatic hydroxyl groups excluding tert-OH is 1. The van der Waals surface area contributed by atoms with Gasteiger partial charge in [0.25, 0.3) is 0 Å². The molecule has 0 amide bonds. The number of aliphatic hydroxyl groups is 3. The Labute approximate surface area is 182 Å². The molecule has 2 unspecified atom stereocenters. The highest BCUT2D eigenvalue weighted by molar-refractivity contribution is 6.14. The maximum absolute atomic E-state index is 13.2. The van der Waals surface area contributed by atoms with Gasteiger partial charge in [0, 0.05) is 11.3 Å². The van der Waals surface area contributed by atoms with Gasteiger partial charge in [-0.05, 0) is 59.7 Å². The van der Waals surface area contributed by atoms with Crippen molar-refractivity contribution in [1.29, 1.82) is 0 Å². The van der Waals surface area contributed by atoms with Crippen LogP contribution in [0.5, 0.6) is 5.75 Å². The van der Waals surface area contributed by atoms with E-state index < -0.39 is 40.6 Å². The molecule has 1 heterocycles. The van der Waals surface area contributed by atoms with E-state index in [4.69, 9.17) is 0 Å². The van der Waals surface area contributed by atoms with Crippen LogP contribution in [-0.2, 0) is 20.7 Å². The maximum Gasteiger partial charge on any atom is 0.331 e. The van der Waals surface area contributed by atoms with Gasteiger partial charge in [0.05, 0.1) is 5.39 Å². The molecule has 32 heavy (non-hydrogen) atoms. The summed E-state index contributed by atoms with van der Waals surface area (Å²) in [6.45, 7) is 1.84. The molecule has 2 aromatic carbocycles. The molecule has 3 aliphatic rings. The average Bonchev–Trinajstić information content (AvgIpc) is 2.87. The zero-order chi connectivity index (χ0) is 23.0.